The van der Waals surface area contributed by atoms with E-state index in [0.717, 1.165) is 0 Å². The lowest BCUT2D eigenvalue weighted by Gasteiger charge is -2.15. The van der Waals surface area contributed by atoms with Crippen molar-refractivity contribution in [1.82, 2.24) is 20.2 Å². The van der Waals surface area contributed by atoms with Crippen molar-refractivity contribution in [1.29, 1.82) is 0 Å². The van der Waals surface area contributed by atoms with E-state index in [1.54, 1.807) is 7.05 Å². The van der Waals surface area contributed by atoms with Crippen molar-refractivity contribution >= 4 is 5.95 Å². The number of aliphatic hydroxyl groups is 3. The Morgan fingerprint density at radius 3 is 2.75 bits per heavy atom. The molecular weight excluding hydrogens is 218 g/mol. The van der Waals surface area contributed by atoms with Crippen molar-refractivity contribution in [3.63, 3.8) is 0 Å². The molecule has 0 radical (unpaired) electrons. The molecule has 1 saturated heterocycles. The van der Waals surface area contributed by atoms with Crippen LogP contribution in [0.25, 0.3) is 0 Å². The summed E-state index contributed by atoms with van der Waals surface area (Å²) >= 11 is 0. The molecule has 4 atom stereocenters. The van der Waals surface area contributed by atoms with Crippen LogP contribution in [0.4, 0.5) is 5.95 Å². The van der Waals surface area contributed by atoms with E-state index in [9.17, 15) is 10.2 Å². The van der Waals surface area contributed by atoms with Crippen LogP contribution in [0.1, 0.15) is 6.23 Å². The summed E-state index contributed by atoms with van der Waals surface area (Å²) in [7, 11) is 1.61. The van der Waals surface area contributed by atoms with E-state index in [0.29, 0.717) is 5.95 Å². The Morgan fingerprint density at radius 2 is 2.19 bits per heavy atom. The number of anilines is 1. The highest BCUT2D eigenvalue weighted by Gasteiger charge is 2.44. The molecule has 0 aliphatic carbocycles. The van der Waals surface area contributed by atoms with Crippen LogP contribution < -0.4 is 5.32 Å². The third-order valence-corrected chi connectivity index (χ3v) is 2.47. The maximum Gasteiger partial charge on any atom is 0.245 e. The predicted octanol–water partition coefficient (Wildman–Crippen LogP) is -2.67. The SMILES string of the molecule is CNc1nnnn1[C@H]1O[C@@H](CO)[C@@H](O)[C@H]1O. The molecule has 9 nitrogen and oxygen atoms in total. The van der Waals surface area contributed by atoms with Gasteiger partial charge in [0.1, 0.15) is 18.3 Å². The van der Waals surface area contributed by atoms with Crippen molar-refractivity contribution in [3.05, 3.63) is 0 Å². The molecule has 0 saturated carbocycles. The van der Waals surface area contributed by atoms with Gasteiger partial charge in [0.05, 0.1) is 6.61 Å². The molecule has 0 bridgehead atoms. The maximum absolute atomic E-state index is 9.72. The van der Waals surface area contributed by atoms with Gasteiger partial charge in [0.2, 0.25) is 5.95 Å². The fourth-order valence-electron chi connectivity index (χ4n) is 1.61. The van der Waals surface area contributed by atoms with Crippen molar-refractivity contribution in [2.24, 2.45) is 0 Å². The van der Waals surface area contributed by atoms with Crippen LogP contribution in [0.15, 0.2) is 0 Å². The van der Waals surface area contributed by atoms with Gasteiger partial charge in [0.25, 0.3) is 0 Å². The number of nitrogens with zero attached hydrogens (tertiary/aromatic N) is 4. The summed E-state index contributed by atoms with van der Waals surface area (Å²) in [6.07, 6.45) is -4.10. The summed E-state index contributed by atoms with van der Waals surface area (Å²) in [4.78, 5) is 0. The van der Waals surface area contributed by atoms with Gasteiger partial charge in [-0.15, -0.1) is 0 Å². The van der Waals surface area contributed by atoms with Crippen LogP contribution in [-0.2, 0) is 4.74 Å². The second kappa shape index (κ2) is 4.29. The zero-order valence-electron chi connectivity index (χ0n) is 8.56. The highest BCUT2D eigenvalue weighted by molar-refractivity contribution is 5.20. The van der Waals surface area contributed by atoms with E-state index in [2.05, 4.69) is 20.8 Å². The monoisotopic (exact) mass is 231 g/mol. The molecule has 0 spiro atoms. The topological polar surface area (TPSA) is 126 Å². The van der Waals surface area contributed by atoms with Gasteiger partial charge in [0, 0.05) is 7.05 Å². The van der Waals surface area contributed by atoms with Crippen LogP contribution in [0.3, 0.4) is 0 Å². The molecule has 0 unspecified atom stereocenters. The van der Waals surface area contributed by atoms with Crippen LogP contribution in [0.5, 0.6) is 0 Å². The summed E-state index contributed by atoms with van der Waals surface area (Å²) in [5.74, 6) is 0.301. The number of hydrogen-bond acceptors (Lipinski definition) is 8. The van der Waals surface area contributed by atoms with Gasteiger partial charge in [-0.25, -0.2) is 0 Å². The Hall–Kier alpha value is -1.29. The number of rotatable bonds is 3. The lowest BCUT2D eigenvalue weighted by atomic mass is 10.1. The van der Waals surface area contributed by atoms with E-state index in [-0.39, 0.29) is 6.61 Å². The van der Waals surface area contributed by atoms with Crippen molar-refractivity contribution in [3.8, 4) is 0 Å². The molecular formula is C7H13N5O4. The highest BCUT2D eigenvalue weighted by Crippen LogP contribution is 2.29. The van der Waals surface area contributed by atoms with Gasteiger partial charge in [-0.05, 0) is 10.4 Å². The lowest BCUT2D eigenvalue weighted by Crippen LogP contribution is -2.33. The maximum atomic E-state index is 9.72. The fraction of sp³-hybridized carbons (Fsp3) is 0.857. The van der Waals surface area contributed by atoms with Crippen molar-refractivity contribution in [2.75, 3.05) is 19.0 Å². The van der Waals surface area contributed by atoms with Gasteiger partial charge >= 0.3 is 0 Å². The van der Waals surface area contributed by atoms with Crippen LogP contribution in [0, 0.1) is 0 Å². The largest absolute Gasteiger partial charge is 0.394 e. The van der Waals surface area contributed by atoms with Gasteiger partial charge in [0.15, 0.2) is 6.23 Å². The van der Waals surface area contributed by atoms with Crippen LogP contribution in [0.2, 0.25) is 0 Å². The average molecular weight is 231 g/mol. The molecule has 1 aromatic heterocycles. The molecule has 1 aliphatic heterocycles. The molecule has 90 valence electrons. The number of tetrazole rings is 1. The summed E-state index contributed by atoms with van der Waals surface area (Å²) in [5.41, 5.74) is 0. The predicted molar refractivity (Wildman–Crippen MR) is 50.4 cm³/mol. The molecule has 2 rings (SSSR count). The Morgan fingerprint density at radius 1 is 1.44 bits per heavy atom. The molecule has 2 heterocycles. The van der Waals surface area contributed by atoms with Gasteiger partial charge in [-0.1, -0.05) is 5.10 Å². The van der Waals surface area contributed by atoms with Gasteiger partial charge in [-0.2, -0.15) is 4.68 Å². The molecule has 1 aliphatic rings. The minimum Gasteiger partial charge on any atom is -0.394 e. The molecule has 4 N–H and O–H groups in total. The standard InChI is InChI=1S/C7H13N5O4/c1-8-7-9-10-11-12(7)6-5(15)4(14)3(2-13)16-6/h3-6,13-15H,2H2,1H3,(H,8,9,11)/t3-,4+,5+,6-/m0/s1. The number of aromatic nitrogens is 4. The van der Waals surface area contributed by atoms with E-state index < -0.39 is 24.5 Å². The van der Waals surface area contributed by atoms with E-state index in [1.807, 2.05) is 0 Å². The van der Waals surface area contributed by atoms with E-state index in [1.165, 1.54) is 4.68 Å². The van der Waals surface area contributed by atoms with Crippen molar-refractivity contribution in [2.45, 2.75) is 24.5 Å². The molecule has 0 aromatic carbocycles. The quantitative estimate of drug-likeness (QED) is 0.443. The first-order valence-corrected chi connectivity index (χ1v) is 4.77. The van der Waals surface area contributed by atoms with E-state index in [4.69, 9.17) is 9.84 Å². The first kappa shape index (κ1) is 11.2. The smallest absolute Gasteiger partial charge is 0.245 e. The lowest BCUT2D eigenvalue weighted by molar-refractivity contribution is -0.0583. The van der Waals surface area contributed by atoms with Gasteiger partial charge in [-0.3, -0.25) is 0 Å². The first-order chi connectivity index (χ1) is 7.69. The zero-order valence-corrected chi connectivity index (χ0v) is 8.56. The van der Waals surface area contributed by atoms with Crippen molar-refractivity contribution < 1.29 is 20.1 Å². The Kier molecular flexibility index (Phi) is 3.01. The Labute approximate surface area is 90.6 Å². The van der Waals surface area contributed by atoms with Crippen LogP contribution in [-0.4, -0.2) is 67.5 Å². The third-order valence-electron chi connectivity index (χ3n) is 2.47. The second-order valence-corrected chi connectivity index (χ2v) is 3.43. The third kappa shape index (κ3) is 1.63. The first-order valence-electron chi connectivity index (χ1n) is 4.77. The molecule has 1 fully saturated rings. The second-order valence-electron chi connectivity index (χ2n) is 3.43. The minimum absolute atomic E-state index is 0.301. The number of nitrogens with one attached hydrogen (secondary N) is 1. The van der Waals surface area contributed by atoms with E-state index >= 15 is 0 Å². The van der Waals surface area contributed by atoms with Crippen LogP contribution >= 0.6 is 0 Å². The fourth-order valence-corrected chi connectivity index (χ4v) is 1.61. The average Bonchev–Trinajstić information content (AvgIpc) is 2.86. The highest BCUT2D eigenvalue weighted by atomic mass is 16.6. The number of ether oxygens (including phenoxy) is 1. The molecule has 9 heteroatoms. The molecule has 0 amide bonds. The summed E-state index contributed by atoms with van der Waals surface area (Å²) in [5, 5.41) is 41.6. The summed E-state index contributed by atoms with van der Waals surface area (Å²) < 4.78 is 6.46. The summed E-state index contributed by atoms with van der Waals surface area (Å²) in [6, 6.07) is 0. The Bertz CT molecular complexity index is 358. The molecule has 1 aromatic rings. The number of hydrogen-bond donors (Lipinski definition) is 4. The normalized spacial score (nSPS) is 34.2. The minimum atomic E-state index is -1.19. The summed E-state index contributed by atoms with van der Waals surface area (Å²) in [6.45, 7) is -0.383. The Balaban J connectivity index is 2.22. The van der Waals surface area contributed by atoms with Gasteiger partial charge < -0.3 is 25.4 Å². The molecule has 16 heavy (non-hydrogen) atoms. The zero-order chi connectivity index (χ0) is 11.7. The number of aliphatic hydroxyl groups excluding tert-OH is 3.